The average Bonchev–Trinajstić information content (AvgIpc) is 2.53. The van der Waals surface area contributed by atoms with Gasteiger partial charge in [-0.2, -0.15) is 0 Å². The fourth-order valence-electron chi connectivity index (χ4n) is 2.14. The van der Waals surface area contributed by atoms with Crippen LogP contribution in [0.15, 0.2) is 28.4 Å². The van der Waals surface area contributed by atoms with Crippen LogP contribution in [0.2, 0.25) is 9.88 Å². The Labute approximate surface area is 144 Å². The van der Waals surface area contributed by atoms with Gasteiger partial charge in [-0.05, 0) is 0 Å². The Bertz CT molecular complexity index is 625. The molecule has 0 unspecified atom stereocenters. The van der Waals surface area contributed by atoms with E-state index < -0.39 is 19.8 Å². The predicted molar refractivity (Wildman–Crippen MR) is 97.6 cm³/mol. The summed E-state index contributed by atoms with van der Waals surface area (Å²) >= 11 is -1.58. The Morgan fingerprint density at radius 1 is 1.30 bits per heavy atom. The maximum atomic E-state index is 12.1. The van der Waals surface area contributed by atoms with Crippen LogP contribution in [0.5, 0.6) is 0 Å². The molecule has 7 heteroatoms. The van der Waals surface area contributed by atoms with E-state index in [9.17, 15) is 4.79 Å². The van der Waals surface area contributed by atoms with Gasteiger partial charge in [0.2, 0.25) is 0 Å². The summed E-state index contributed by atoms with van der Waals surface area (Å²) < 4.78 is 1.34. The zero-order valence-corrected chi connectivity index (χ0v) is 17.0. The van der Waals surface area contributed by atoms with Crippen LogP contribution in [0.25, 0.3) is 0 Å². The van der Waals surface area contributed by atoms with Gasteiger partial charge in [0.05, 0.1) is 0 Å². The number of benzene rings is 1. The Hall–Kier alpha value is -1.57. The number of nitrogens with one attached hydrogen (secondary N) is 3. The summed E-state index contributed by atoms with van der Waals surface area (Å²) in [5, 5.41) is 11.2. The van der Waals surface area contributed by atoms with Gasteiger partial charge >= 0.3 is 145 Å². The number of hydrazone groups is 2. The molecule has 0 bridgehead atoms. The number of hydrogen-bond donors (Lipinski definition) is 3. The summed E-state index contributed by atoms with van der Waals surface area (Å²) in [5.41, 5.74) is 7.40. The van der Waals surface area contributed by atoms with Crippen LogP contribution in [0, 0.1) is 5.92 Å². The van der Waals surface area contributed by atoms with Crippen molar-refractivity contribution < 1.29 is 4.79 Å². The number of rotatable bonds is 6. The second kappa shape index (κ2) is 8.33. The first-order valence-electron chi connectivity index (χ1n) is 7.82. The van der Waals surface area contributed by atoms with E-state index in [2.05, 4.69) is 62.2 Å². The summed E-state index contributed by atoms with van der Waals surface area (Å²) in [6.07, 6.45) is 2.93. The summed E-state index contributed by atoms with van der Waals surface area (Å²) in [4.78, 5) is 16.7. The fraction of sp³-hybridized carbons (Fsp3) is 0.438. The van der Waals surface area contributed by atoms with Crippen molar-refractivity contribution in [3.63, 3.8) is 0 Å². The zero-order chi connectivity index (χ0) is 16.8. The van der Waals surface area contributed by atoms with Crippen molar-refractivity contribution in [2.75, 3.05) is 5.32 Å². The van der Waals surface area contributed by atoms with Crippen molar-refractivity contribution in [3.8, 4) is 0 Å². The van der Waals surface area contributed by atoms with Gasteiger partial charge in [-0.3, -0.25) is 0 Å². The molecule has 0 fully saturated rings. The first kappa shape index (κ1) is 17.8. The number of amides is 1. The van der Waals surface area contributed by atoms with Gasteiger partial charge in [0, 0.05) is 0 Å². The van der Waals surface area contributed by atoms with Crippen LogP contribution in [-0.4, -0.2) is 37.8 Å². The molecular formula is C16H24N5OSn. The monoisotopic (exact) mass is 422 g/mol. The molecule has 0 spiro atoms. The molecule has 1 heterocycles. The van der Waals surface area contributed by atoms with Crippen molar-refractivity contribution in [3.05, 3.63) is 23.8 Å². The Kier molecular flexibility index (Phi) is 6.44. The van der Waals surface area contributed by atoms with Crippen molar-refractivity contribution in [2.45, 2.75) is 36.6 Å². The number of carbonyl (C=O) groups excluding carboxylic acids is 1. The van der Waals surface area contributed by atoms with E-state index >= 15 is 0 Å². The van der Waals surface area contributed by atoms with Crippen molar-refractivity contribution in [1.82, 2.24) is 10.9 Å². The normalized spacial score (nSPS) is 13.6. The average molecular weight is 421 g/mol. The molecule has 1 aromatic rings. The van der Waals surface area contributed by atoms with Gasteiger partial charge in [0.25, 0.3) is 0 Å². The quantitative estimate of drug-likeness (QED) is 0.614. The van der Waals surface area contributed by atoms with Crippen LogP contribution in [0.4, 0.5) is 5.69 Å². The molecule has 1 aromatic carbocycles. The van der Waals surface area contributed by atoms with Gasteiger partial charge < -0.3 is 0 Å². The molecule has 0 aliphatic carbocycles. The van der Waals surface area contributed by atoms with Crippen LogP contribution in [0.3, 0.4) is 0 Å². The number of anilines is 1. The molecule has 0 aromatic heterocycles. The van der Waals surface area contributed by atoms with Crippen molar-refractivity contribution in [1.29, 1.82) is 0 Å². The predicted octanol–water partition coefficient (Wildman–Crippen LogP) is 1.82. The fourth-order valence-corrected chi connectivity index (χ4v) is 4.67. The molecule has 1 aliphatic heterocycles. The summed E-state index contributed by atoms with van der Waals surface area (Å²) in [7, 11) is 0. The Morgan fingerprint density at radius 2 is 2.09 bits per heavy atom. The van der Waals surface area contributed by atoms with Gasteiger partial charge in [0.15, 0.2) is 0 Å². The van der Waals surface area contributed by atoms with E-state index in [-0.39, 0.29) is 5.91 Å². The number of carbonyl (C=O) groups is 1. The summed E-state index contributed by atoms with van der Waals surface area (Å²) in [5.74, 6) is 1.25. The van der Waals surface area contributed by atoms with Gasteiger partial charge in [-0.25, -0.2) is 0 Å². The van der Waals surface area contributed by atoms with E-state index in [1.807, 2.05) is 6.07 Å². The molecule has 123 valence electrons. The summed E-state index contributed by atoms with van der Waals surface area (Å²) in [6.45, 7) is 4.25. The Balaban J connectivity index is 2.19. The molecule has 2 rings (SSSR count). The minimum atomic E-state index is -1.58. The first-order valence-corrected chi connectivity index (χ1v) is 15.0. The number of amidine groups is 1. The van der Waals surface area contributed by atoms with Crippen molar-refractivity contribution >= 4 is 47.1 Å². The molecule has 0 saturated heterocycles. The third kappa shape index (κ3) is 5.53. The molecule has 1 aliphatic rings. The second-order valence-corrected chi connectivity index (χ2v) is 13.6. The third-order valence-corrected chi connectivity index (χ3v) is 7.60. The van der Waals surface area contributed by atoms with E-state index in [4.69, 9.17) is 0 Å². The van der Waals surface area contributed by atoms with E-state index in [0.29, 0.717) is 18.2 Å². The maximum absolute atomic E-state index is 12.1. The molecule has 0 saturated carbocycles. The standard InChI is InChI=1S/C14H18N5O.2CH3.Sn/c1-10(2)6-7-13(20)17-12-5-3-4-11(8-12)14-18-15-9-16-19-14;;;/h4-5,8-10H,6-7H2,1-2H3,(H,15,16)(H,17,20)(H,18,19);2*1H3;. The van der Waals surface area contributed by atoms with Gasteiger partial charge in [0.1, 0.15) is 0 Å². The molecule has 0 atom stereocenters. The molecule has 1 radical (unpaired) electrons. The van der Waals surface area contributed by atoms with E-state index in [0.717, 1.165) is 17.7 Å². The van der Waals surface area contributed by atoms with E-state index in [1.54, 1.807) is 0 Å². The topological polar surface area (TPSA) is 77.9 Å². The van der Waals surface area contributed by atoms with Crippen LogP contribution in [0.1, 0.15) is 32.3 Å². The van der Waals surface area contributed by atoms with Crippen LogP contribution >= 0.6 is 0 Å². The van der Waals surface area contributed by atoms with E-state index in [1.165, 1.54) is 9.92 Å². The van der Waals surface area contributed by atoms with Gasteiger partial charge in [-0.1, -0.05) is 0 Å². The first-order chi connectivity index (χ1) is 11.0. The third-order valence-electron chi connectivity index (χ3n) is 3.49. The zero-order valence-electron chi connectivity index (χ0n) is 14.1. The van der Waals surface area contributed by atoms with Crippen molar-refractivity contribution in [2.24, 2.45) is 16.1 Å². The number of nitrogens with zero attached hydrogens (tertiary/aromatic N) is 2. The SMILES string of the molecule is CC(C)CCC(=O)Nc1cc(C2=NNC=NN2)c[c]([Sn]([CH3])[CH3])c1. The number of hydrogen-bond acceptors (Lipinski definition) is 5. The van der Waals surface area contributed by atoms with Gasteiger partial charge in [-0.15, -0.1) is 0 Å². The molecule has 3 N–H and O–H groups in total. The Morgan fingerprint density at radius 3 is 2.70 bits per heavy atom. The second-order valence-electron chi connectivity index (χ2n) is 6.24. The molecule has 23 heavy (non-hydrogen) atoms. The summed E-state index contributed by atoms with van der Waals surface area (Å²) in [6, 6.07) is 6.19. The minimum absolute atomic E-state index is 0.0637. The molecule has 6 nitrogen and oxygen atoms in total. The van der Waals surface area contributed by atoms with Crippen LogP contribution in [-0.2, 0) is 4.79 Å². The molecule has 1 amide bonds. The molecular weight excluding hydrogens is 397 g/mol. The van der Waals surface area contributed by atoms with Crippen LogP contribution < -0.4 is 19.7 Å².